The molecule has 0 radical (unpaired) electrons. The Morgan fingerprint density at radius 2 is 1.55 bits per heavy atom. The van der Waals surface area contributed by atoms with Crippen molar-refractivity contribution in [3.63, 3.8) is 0 Å². The van der Waals surface area contributed by atoms with Gasteiger partial charge in [-0.15, -0.1) is 0 Å². The summed E-state index contributed by atoms with van der Waals surface area (Å²) < 4.78 is 5.96. The van der Waals surface area contributed by atoms with E-state index in [1.165, 1.54) is 0 Å². The van der Waals surface area contributed by atoms with Crippen LogP contribution in [0.1, 0.15) is 21.6 Å². The van der Waals surface area contributed by atoms with Crippen molar-refractivity contribution in [3.05, 3.63) is 89.6 Å². The molecule has 0 aliphatic rings. The van der Waals surface area contributed by atoms with E-state index >= 15 is 0 Å². The lowest BCUT2D eigenvalue weighted by atomic mass is 10.1. The van der Waals surface area contributed by atoms with E-state index < -0.39 is 0 Å². The summed E-state index contributed by atoms with van der Waals surface area (Å²) in [5.41, 5.74) is 1.02. The zero-order chi connectivity index (χ0) is 15.5. The minimum atomic E-state index is -0.343. The Morgan fingerprint density at radius 3 is 2.14 bits per heavy atom. The highest BCUT2D eigenvalue weighted by molar-refractivity contribution is 6.07. The second-order valence-corrected chi connectivity index (χ2v) is 4.66. The molecule has 0 unspecified atom stereocenters. The predicted octanol–water partition coefficient (Wildman–Crippen LogP) is 1.55. The molecule has 0 atom stereocenters. The van der Waals surface area contributed by atoms with Crippen LogP contribution in [0, 0.1) is 6.72 Å². The Hall–Kier alpha value is -3.21. The average Bonchev–Trinajstić information content (AvgIpc) is 2.96. The van der Waals surface area contributed by atoms with E-state index in [9.17, 15) is 9.90 Å². The maximum atomic E-state index is 12.5. The fourth-order valence-electron chi connectivity index (χ4n) is 2.13. The molecule has 5 nitrogen and oxygen atoms in total. The topological polar surface area (TPSA) is 69.2 Å². The van der Waals surface area contributed by atoms with Crippen LogP contribution in [-0.2, 0) is 0 Å². The molecule has 1 heterocycles. The van der Waals surface area contributed by atoms with Gasteiger partial charge in [-0.1, -0.05) is 65.3 Å². The summed E-state index contributed by atoms with van der Waals surface area (Å²) >= 11 is 0. The smallest absolute Gasteiger partial charge is 0.325 e. The molecule has 0 amide bonds. The molecule has 0 fully saturated rings. The van der Waals surface area contributed by atoms with Crippen LogP contribution in [0.25, 0.3) is 5.76 Å². The number of nitrogens with zero attached hydrogens (tertiary/aromatic N) is 2. The Balaban J connectivity index is 2.22. The van der Waals surface area contributed by atoms with Crippen LogP contribution in [0.3, 0.4) is 0 Å². The van der Waals surface area contributed by atoms with Crippen LogP contribution in [0.4, 0.5) is 0 Å². The van der Waals surface area contributed by atoms with Gasteiger partial charge in [0.2, 0.25) is 5.78 Å². The second-order valence-electron chi connectivity index (χ2n) is 4.66. The number of carbonyl (C=O) groups excluding carboxylic acids is 1. The van der Waals surface area contributed by atoms with Crippen molar-refractivity contribution < 1.29 is 18.9 Å². The lowest BCUT2D eigenvalue weighted by Crippen LogP contribution is -2.37. The van der Waals surface area contributed by atoms with Gasteiger partial charge in [-0.2, -0.15) is 0 Å². The van der Waals surface area contributed by atoms with E-state index in [0.29, 0.717) is 11.1 Å². The largest absolute Gasteiger partial charge is 0.503 e. The quantitative estimate of drug-likeness (QED) is 0.587. The normalized spacial score (nSPS) is 12.0. The first-order chi connectivity index (χ1) is 10.7. The highest BCUT2D eigenvalue weighted by atomic mass is 16.6. The van der Waals surface area contributed by atoms with Gasteiger partial charge in [-0.3, -0.25) is 4.79 Å². The van der Waals surface area contributed by atoms with Gasteiger partial charge >= 0.3 is 5.69 Å². The monoisotopic (exact) mass is 293 g/mol. The number of aliphatic hydroxyl groups is 1. The molecule has 0 spiro atoms. The number of hydrogen-bond donors (Lipinski definition) is 1. The van der Waals surface area contributed by atoms with Crippen molar-refractivity contribution in [1.29, 1.82) is 0 Å². The van der Waals surface area contributed by atoms with E-state index in [4.69, 9.17) is 4.63 Å². The first-order valence-corrected chi connectivity index (χ1v) is 6.63. The van der Waals surface area contributed by atoms with Crippen molar-refractivity contribution in [2.45, 2.75) is 0 Å². The van der Waals surface area contributed by atoms with E-state index in [0.717, 1.165) is 4.42 Å². The number of ketones is 1. The third-order valence-corrected chi connectivity index (χ3v) is 3.23. The molecule has 0 aliphatic heterocycles. The Bertz CT molecular complexity index is 916. The molecule has 0 aliphatic carbocycles. The van der Waals surface area contributed by atoms with E-state index in [-0.39, 0.29) is 22.6 Å². The summed E-state index contributed by atoms with van der Waals surface area (Å²) in [6.45, 7) is 3.62. The number of aliphatic hydroxyl groups excluding tert-OH is 1. The van der Waals surface area contributed by atoms with Crippen molar-refractivity contribution in [2.24, 2.45) is 0 Å². The SMILES string of the molecule is C=[n+]1onc(C(=O)c2ccccc2)c1=C(O)c1ccccc1. The molecule has 1 aromatic heterocycles. The number of aromatic nitrogens is 2. The Morgan fingerprint density at radius 1 is 1.00 bits per heavy atom. The maximum absolute atomic E-state index is 12.5. The second kappa shape index (κ2) is 5.65. The van der Waals surface area contributed by atoms with Crippen molar-refractivity contribution in [1.82, 2.24) is 5.16 Å². The lowest BCUT2D eigenvalue weighted by Gasteiger charge is -1.96. The van der Waals surface area contributed by atoms with E-state index in [1.807, 2.05) is 12.1 Å². The van der Waals surface area contributed by atoms with Gasteiger partial charge in [0.1, 0.15) is 6.72 Å². The molecule has 22 heavy (non-hydrogen) atoms. The number of benzene rings is 2. The molecular weight excluding hydrogens is 280 g/mol. The molecule has 1 N–H and O–H groups in total. The van der Waals surface area contributed by atoms with Gasteiger partial charge in [0.05, 0.1) is 0 Å². The molecule has 0 saturated heterocycles. The molecule has 0 bridgehead atoms. The van der Waals surface area contributed by atoms with Crippen LogP contribution in [0.15, 0.2) is 65.3 Å². The molecule has 3 rings (SSSR count). The van der Waals surface area contributed by atoms with Crippen LogP contribution in [0.5, 0.6) is 0 Å². The average molecular weight is 293 g/mol. The minimum Gasteiger partial charge on any atom is -0.503 e. The summed E-state index contributed by atoms with van der Waals surface area (Å²) in [5.74, 6) is -0.458. The fourth-order valence-corrected chi connectivity index (χ4v) is 2.13. The number of hydrogen-bond acceptors (Lipinski definition) is 4. The number of carbonyl (C=O) groups is 1. The van der Waals surface area contributed by atoms with Crippen molar-refractivity contribution in [3.8, 4) is 0 Å². The Labute approximate surface area is 126 Å². The third kappa shape index (κ3) is 2.40. The van der Waals surface area contributed by atoms with Crippen LogP contribution in [-0.4, -0.2) is 16.0 Å². The highest BCUT2D eigenvalue weighted by Crippen LogP contribution is 2.08. The van der Waals surface area contributed by atoms with Gasteiger partial charge in [0.15, 0.2) is 10.9 Å². The molecule has 3 aromatic rings. The minimum absolute atomic E-state index is 0.0163. The van der Waals surface area contributed by atoms with E-state index in [1.54, 1.807) is 48.5 Å². The fraction of sp³-hybridized carbons (Fsp3) is 0. The van der Waals surface area contributed by atoms with Gasteiger partial charge in [-0.05, 0) is 4.42 Å². The Kier molecular flexibility index (Phi) is 3.53. The van der Waals surface area contributed by atoms with Crippen LogP contribution >= 0.6 is 0 Å². The summed E-state index contributed by atoms with van der Waals surface area (Å²) in [6, 6.07) is 17.5. The summed E-state index contributed by atoms with van der Waals surface area (Å²) in [4.78, 5) is 12.5. The standard InChI is InChI=1S/C17H12N2O3/c1-19-15(17(21)13-10-6-3-7-11-13)14(18-22-19)16(20)12-8-4-2-5-9-12/h2-11H,1H2/p+1. The van der Waals surface area contributed by atoms with Crippen molar-refractivity contribution >= 4 is 11.5 Å². The summed E-state index contributed by atoms with van der Waals surface area (Å²) in [5, 5.41) is 14.3. The predicted molar refractivity (Wildman–Crippen MR) is 78.5 cm³/mol. The first kappa shape index (κ1) is 13.8. The molecule has 108 valence electrons. The summed E-state index contributed by atoms with van der Waals surface area (Å²) in [7, 11) is 0. The maximum Gasteiger partial charge on any atom is 0.325 e. The zero-order valence-electron chi connectivity index (χ0n) is 11.6. The van der Waals surface area contributed by atoms with Gasteiger partial charge in [0.25, 0.3) is 5.35 Å². The lowest BCUT2D eigenvalue weighted by molar-refractivity contribution is -0.727. The first-order valence-electron chi connectivity index (χ1n) is 6.63. The van der Waals surface area contributed by atoms with E-state index in [2.05, 4.69) is 11.9 Å². The highest BCUT2D eigenvalue weighted by Gasteiger charge is 2.26. The zero-order valence-corrected chi connectivity index (χ0v) is 11.6. The summed E-state index contributed by atoms with van der Waals surface area (Å²) in [6.07, 6.45) is 0. The number of rotatable bonds is 3. The van der Waals surface area contributed by atoms with Gasteiger partial charge in [-0.25, -0.2) is 0 Å². The van der Waals surface area contributed by atoms with Gasteiger partial charge < -0.3 is 5.11 Å². The third-order valence-electron chi connectivity index (χ3n) is 3.23. The molecule has 5 heteroatoms. The molecule has 2 aromatic carbocycles. The van der Waals surface area contributed by atoms with Gasteiger partial charge in [0, 0.05) is 11.1 Å². The van der Waals surface area contributed by atoms with Crippen molar-refractivity contribution in [2.75, 3.05) is 0 Å². The van der Waals surface area contributed by atoms with Crippen LogP contribution in [0.2, 0.25) is 0 Å². The molecular formula is C17H13N2O3+. The van der Waals surface area contributed by atoms with Crippen LogP contribution < -0.4 is 9.76 Å². The molecule has 0 saturated carbocycles.